The smallest absolute Gasteiger partial charge is 0.223 e. The highest BCUT2D eigenvalue weighted by molar-refractivity contribution is 6.30. The third-order valence-corrected chi connectivity index (χ3v) is 3.45. The van der Waals surface area contributed by atoms with Crippen molar-refractivity contribution in [3.05, 3.63) is 34.9 Å². The Morgan fingerprint density at radius 1 is 1.11 bits per heavy atom. The van der Waals surface area contributed by atoms with E-state index in [9.17, 15) is 9.59 Å². The van der Waals surface area contributed by atoms with Crippen molar-refractivity contribution in [2.45, 2.75) is 12.8 Å². The van der Waals surface area contributed by atoms with Gasteiger partial charge in [-0.25, -0.2) is 0 Å². The first-order chi connectivity index (χ1) is 9.16. The van der Waals surface area contributed by atoms with E-state index in [1.165, 1.54) is 0 Å². The van der Waals surface area contributed by atoms with Gasteiger partial charge in [0.1, 0.15) is 0 Å². The van der Waals surface area contributed by atoms with Crippen LogP contribution in [0.3, 0.4) is 0 Å². The zero-order valence-corrected chi connectivity index (χ0v) is 11.4. The van der Waals surface area contributed by atoms with Crippen LogP contribution in [-0.2, 0) is 4.79 Å². The minimum absolute atomic E-state index is 0.0137. The quantitative estimate of drug-likeness (QED) is 0.855. The lowest BCUT2D eigenvalue weighted by molar-refractivity contribution is -0.131. The largest absolute Gasteiger partial charge is 0.340 e. The summed E-state index contributed by atoms with van der Waals surface area (Å²) in [7, 11) is 0. The lowest BCUT2D eigenvalue weighted by Gasteiger charge is -2.27. The number of piperazine rings is 1. The van der Waals surface area contributed by atoms with E-state index in [0.29, 0.717) is 10.6 Å². The fraction of sp³-hybridized carbons (Fsp3) is 0.429. The summed E-state index contributed by atoms with van der Waals surface area (Å²) in [4.78, 5) is 25.6. The van der Waals surface area contributed by atoms with Crippen LogP contribution < -0.4 is 5.32 Å². The van der Waals surface area contributed by atoms with E-state index in [2.05, 4.69) is 5.32 Å². The third-order valence-electron chi connectivity index (χ3n) is 3.20. The van der Waals surface area contributed by atoms with Crippen LogP contribution in [0.15, 0.2) is 24.3 Å². The Hall–Kier alpha value is -1.39. The van der Waals surface area contributed by atoms with Gasteiger partial charge in [-0.1, -0.05) is 11.6 Å². The number of carbonyl (C=O) groups is 2. The first-order valence-corrected chi connectivity index (χ1v) is 6.82. The van der Waals surface area contributed by atoms with Gasteiger partial charge in [0.15, 0.2) is 5.78 Å². The number of nitrogens with zero attached hydrogens (tertiary/aromatic N) is 1. The Kier molecular flexibility index (Phi) is 4.93. The molecule has 0 radical (unpaired) electrons. The molecule has 1 aromatic carbocycles. The Morgan fingerprint density at radius 2 is 1.74 bits per heavy atom. The van der Waals surface area contributed by atoms with Gasteiger partial charge in [0.2, 0.25) is 5.91 Å². The molecule has 0 unspecified atom stereocenters. The van der Waals surface area contributed by atoms with Crippen LogP contribution >= 0.6 is 11.6 Å². The Morgan fingerprint density at radius 3 is 2.37 bits per heavy atom. The molecule has 0 atom stereocenters. The third kappa shape index (κ3) is 4.04. The molecule has 0 saturated carbocycles. The van der Waals surface area contributed by atoms with Gasteiger partial charge in [0.05, 0.1) is 0 Å². The molecule has 1 N–H and O–H groups in total. The van der Waals surface area contributed by atoms with Crippen molar-refractivity contribution in [3.8, 4) is 0 Å². The van der Waals surface area contributed by atoms with Gasteiger partial charge < -0.3 is 10.2 Å². The van der Waals surface area contributed by atoms with Gasteiger partial charge in [-0.2, -0.15) is 0 Å². The van der Waals surface area contributed by atoms with Gasteiger partial charge in [-0.05, 0) is 24.3 Å². The Labute approximate surface area is 117 Å². The summed E-state index contributed by atoms with van der Waals surface area (Å²) in [5, 5.41) is 3.80. The highest BCUT2D eigenvalue weighted by Gasteiger charge is 2.17. The summed E-state index contributed by atoms with van der Waals surface area (Å²) in [6.45, 7) is 3.12. The fourth-order valence-electron chi connectivity index (χ4n) is 2.07. The molecule has 1 aromatic rings. The van der Waals surface area contributed by atoms with Gasteiger partial charge in [-0.15, -0.1) is 0 Å². The topological polar surface area (TPSA) is 49.4 Å². The number of halogens is 1. The number of ketones is 1. The lowest BCUT2D eigenvalue weighted by Crippen LogP contribution is -2.46. The highest BCUT2D eigenvalue weighted by Crippen LogP contribution is 2.12. The molecule has 1 fully saturated rings. The maximum atomic E-state index is 11.9. The summed E-state index contributed by atoms with van der Waals surface area (Å²) in [5.41, 5.74) is 0.609. The van der Waals surface area contributed by atoms with E-state index >= 15 is 0 Å². The zero-order chi connectivity index (χ0) is 13.7. The number of amides is 1. The van der Waals surface area contributed by atoms with E-state index in [4.69, 9.17) is 11.6 Å². The first-order valence-electron chi connectivity index (χ1n) is 6.44. The lowest BCUT2D eigenvalue weighted by atomic mass is 10.1. The highest BCUT2D eigenvalue weighted by atomic mass is 35.5. The van der Waals surface area contributed by atoms with Crippen LogP contribution in [0, 0.1) is 0 Å². The molecule has 4 nitrogen and oxygen atoms in total. The summed E-state index contributed by atoms with van der Waals surface area (Å²) in [6.07, 6.45) is 0.534. The van der Waals surface area contributed by atoms with E-state index in [-0.39, 0.29) is 24.5 Å². The van der Waals surface area contributed by atoms with Crippen LogP contribution in [0.5, 0.6) is 0 Å². The predicted octanol–water partition coefficient (Wildman–Crippen LogP) is 1.73. The number of nitrogens with one attached hydrogen (secondary N) is 1. The molecule has 0 aliphatic carbocycles. The molecule has 0 spiro atoms. The van der Waals surface area contributed by atoms with E-state index in [1.54, 1.807) is 24.3 Å². The van der Waals surface area contributed by atoms with Crippen molar-refractivity contribution in [2.75, 3.05) is 26.2 Å². The maximum absolute atomic E-state index is 11.9. The number of carbonyl (C=O) groups excluding carboxylic acids is 2. The number of rotatable bonds is 4. The van der Waals surface area contributed by atoms with Crippen molar-refractivity contribution in [3.63, 3.8) is 0 Å². The molecule has 0 bridgehead atoms. The molecular formula is C14H17ClN2O2. The average molecular weight is 281 g/mol. The normalized spacial score (nSPS) is 15.3. The SMILES string of the molecule is O=C(CCC(=O)N1CCNCC1)c1ccc(Cl)cc1. The van der Waals surface area contributed by atoms with E-state index in [1.807, 2.05) is 4.90 Å². The van der Waals surface area contributed by atoms with Crippen molar-refractivity contribution in [1.82, 2.24) is 10.2 Å². The molecule has 1 aliphatic heterocycles. The number of hydrogen-bond donors (Lipinski definition) is 1. The second-order valence-electron chi connectivity index (χ2n) is 4.56. The fourth-order valence-corrected chi connectivity index (χ4v) is 2.20. The van der Waals surface area contributed by atoms with Crippen LogP contribution in [0.1, 0.15) is 23.2 Å². The number of Topliss-reactive ketones (excluding diaryl/α,β-unsaturated/α-hetero) is 1. The molecule has 19 heavy (non-hydrogen) atoms. The average Bonchev–Trinajstić information content (AvgIpc) is 2.46. The molecular weight excluding hydrogens is 264 g/mol. The monoisotopic (exact) mass is 280 g/mol. The van der Waals surface area contributed by atoms with Crippen molar-refractivity contribution in [2.24, 2.45) is 0 Å². The number of hydrogen-bond acceptors (Lipinski definition) is 3. The van der Waals surface area contributed by atoms with Gasteiger partial charge in [0, 0.05) is 49.6 Å². The van der Waals surface area contributed by atoms with Crippen LogP contribution in [0.4, 0.5) is 0 Å². The minimum atomic E-state index is -0.0137. The second-order valence-corrected chi connectivity index (χ2v) is 5.00. The number of benzene rings is 1. The Balaban J connectivity index is 1.82. The minimum Gasteiger partial charge on any atom is -0.340 e. The maximum Gasteiger partial charge on any atom is 0.223 e. The Bertz CT molecular complexity index is 453. The zero-order valence-electron chi connectivity index (χ0n) is 10.7. The van der Waals surface area contributed by atoms with Crippen molar-refractivity contribution in [1.29, 1.82) is 0 Å². The molecule has 1 saturated heterocycles. The van der Waals surface area contributed by atoms with Crippen LogP contribution in [0.25, 0.3) is 0 Å². The first kappa shape index (κ1) is 14.0. The summed E-state index contributed by atoms with van der Waals surface area (Å²) < 4.78 is 0. The van der Waals surface area contributed by atoms with Gasteiger partial charge in [-0.3, -0.25) is 9.59 Å². The van der Waals surface area contributed by atoms with Gasteiger partial charge in [0.25, 0.3) is 0 Å². The summed E-state index contributed by atoms with van der Waals surface area (Å²) in [6, 6.07) is 6.76. The molecule has 2 rings (SSSR count). The summed E-state index contributed by atoms with van der Waals surface area (Å²) in [5.74, 6) is 0.0453. The second kappa shape index (κ2) is 6.68. The van der Waals surface area contributed by atoms with E-state index < -0.39 is 0 Å². The molecule has 1 amide bonds. The predicted molar refractivity (Wildman–Crippen MR) is 74.5 cm³/mol. The van der Waals surface area contributed by atoms with Crippen LogP contribution in [0.2, 0.25) is 5.02 Å². The summed E-state index contributed by atoms with van der Waals surface area (Å²) >= 11 is 5.77. The van der Waals surface area contributed by atoms with Crippen molar-refractivity contribution < 1.29 is 9.59 Å². The molecule has 1 heterocycles. The standard InChI is InChI=1S/C14H17ClN2O2/c15-12-3-1-11(2-4-12)13(18)5-6-14(19)17-9-7-16-8-10-17/h1-4,16H,5-10H2. The molecule has 5 heteroatoms. The van der Waals surface area contributed by atoms with Crippen molar-refractivity contribution >= 4 is 23.3 Å². The molecule has 102 valence electrons. The molecule has 1 aliphatic rings. The molecule has 0 aromatic heterocycles. The van der Waals surface area contributed by atoms with Gasteiger partial charge >= 0.3 is 0 Å². The van der Waals surface area contributed by atoms with Crippen LogP contribution in [-0.4, -0.2) is 42.8 Å². The van der Waals surface area contributed by atoms with E-state index in [0.717, 1.165) is 26.2 Å².